The van der Waals surface area contributed by atoms with Crippen molar-refractivity contribution in [3.63, 3.8) is 0 Å². The van der Waals surface area contributed by atoms with Crippen LogP contribution in [0, 0.1) is 27.7 Å². The molecule has 0 heterocycles. The van der Waals surface area contributed by atoms with E-state index in [0.717, 1.165) is 22.3 Å². The maximum Gasteiger partial charge on any atom is 0.339 e. The SMILES string of the molecule is CCOC(=O)Cc1c2cc(OS(=O)(=O)c3ccc(C)cc3)cc1Cc1cc(OS(=O)(=O)c3ccc(C)cc3)cc(c1CC(=O)OCC)Cc1cc(OS(=O)(=O)c3ccc(C)cc3)cc(c1CC(=O)OCC)Cc1cc(OS(=O)(=O)c3ccc(C)cc3)cc(c1CC(=O)OCC)C2. The molecule has 0 atom stereocenters. The largest absolute Gasteiger partial charge is 0.466 e. The van der Waals surface area contributed by atoms with E-state index in [4.69, 9.17) is 35.7 Å². The van der Waals surface area contributed by atoms with Gasteiger partial charge in [0, 0.05) is 0 Å². The van der Waals surface area contributed by atoms with Crippen molar-refractivity contribution in [3.8, 4) is 23.0 Å². The van der Waals surface area contributed by atoms with Crippen molar-refractivity contribution in [2.24, 2.45) is 0 Å². The lowest BCUT2D eigenvalue weighted by molar-refractivity contribution is -0.143. The molecule has 0 saturated carbocycles. The van der Waals surface area contributed by atoms with Crippen LogP contribution in [-0.2, 0) is 130 Å². The molecule has 8 bridgehead atoms. The van der Waals surface area contributed by atoms with Crippen LogP contribution >= 0.6 is 0 Å². The minimum atomic E-state index is -4.69. The van der Waals surface area contributed by atoms with Crippen LogP contribution < -0.4 is 16.7 Å². The van der Waals surface area contributed by atoms with E-state index in [1.165, 1.54) is 97.1 Å². The number of carbonyl (C=O) groups is 4. The van der Waals surface area contributed by atoms with E-state index in [-0.39, 0.29) is 161 Å². The Balaban J connectivity index is 1.44. The molecule has 0 fully saturated rings. The molecule has 24 heteroatoms. The number of hydrogen-bond acceptors (Lipinski definition) is 20. The summed E-state index contributed by atoms with van der Waals surface area (Å²) in [4.78, 5) is 56.0. The van der Waals surface area contributed by atoms with Gasteiger partial charge < -0.3 is 35.7 Å². The van der Waals surface area contributed by atoms with E-state index in [2.05, 4.69) is 0 Å². The Morgan fingerprint density at radius 3 is 0.583 bits per heavy atom. The fourth-order valence-corrected chi connectivity index (χ4v) is 14.9. The standard InChI is InChI=1S/C72H72O20S4/c1-9-85-69(73)41-65-49-29-51-35-58(90-94(79,80)62-23-15-46(6)16-24-62)37-53(66(51)42-70(74)86-10-2)31-55-39-60(92-96(83,84)64-27-19-48(8)20-28-64)40-56(68(55)44-72(76)88-12-4)32-54-38-59(91-95(81,82)63-25-17-47(7)18-26-63)36-52(67(54)43-71(75)87-11-3)30-50(65)34-57(33-49)89-93(77,78)61-21-13-45(5)14-22-61/h13-28,33-40H,9-12,29-32,41-44H2,1-8H3. The summed E-state index contributed by atoms with van der Waals surface area (Å²) in [7, 11) is -18.8. The highest BCUT2D eigenvalue weighted by Crippen LogP contribution is 2.40. The molecule has 9 rings (SSSR count). The highest BCUT2D eigenvalue weighted by Gasteiger charge is 2.31. The summed E-state index contributed by atoms with van der Waals surface area (Å²) < 4.78 is 162. The van der Waals surface area contributed by atoms with Gasteiger partial charge in [-0.2, -0.15) is 33.7 Å². The predicted octanol–water partition coefficient (Wildman–Crippen LogP) is 11.1. The molecule has 0 radical (unpaired) electrons. The zero-order chi connectivity index (χ0) is 69.3. The Bertz CT molecular complexity index is 4040. The Hall–Kier alpha value is -9.36. The van der Waals surface area contributed by atoms with Gasteiger partial charge in [-0.05, 0) is 245 Å². The molecule has 0 spiro atoms. The number of ether oxygens (including phenoxy) is 4. The van der Waals surface area contributed by atoms with Crippen LogP contribution in [0.3, 0.4) is 0 Å². The van der Waals surface area contributed by atoms with Gasteiger partial charge in [0.25, 0.3) is 0 Å². The molecule has 8 aromatic rings. The van der Waals surface area contributed by atoms with Crippen LogP contribution in [0.4, 0.5) is 0 Å². The van der Waals surface area contributed by atoms with E-state index in [9.17, 15) is 52.8 Å². The van der Waals surface area contributed by atoms with Gasteiger partial charge in [-0.15, -0.1) is 0 Å². The van der Waals surface area contributed by atoms with Gasteiger partial charge in [-0.3, -0.25) is 19.2 Å². The van der Waals surface area contributed by atoms with Crippen molar-refractivity contribution in [2.45, 2.75) is 126 Å². The quantitative estimate of drug-likeness (QED) is 0.0309. The van der Waals surface area contributed by atoms with Crippen LogP contribution in [0.1, 0.15) is 117 Å². The molecule has 0 saturated heterocycles. The highest BCUT2D eigenvalue weighted by atomic mass is 32.2. The number of aryl methyl sites for hydroxylation is 4. The van der Waals surface area contributed by atoms with Gasteiger partial charge in [0.05, 0.1) is 52.1 Å². The van der Waals surface area contributed by atoms with E-state index in [0.29, 0.717) is 0 Å². The maximum atomic E-state index is 14.5. The van der Waals surface area contributed by atoms with E-state index < -0.39 is 90.0 Å². The van der Waals surface area contributed by atoms with Gasteiger partial charge in [0.1, 0.15) is 42.6 Å². The van der Waals surface area contributed by atoms with E-state index in [1.54, 1.807) is 104 Å². The van der Waals surface area contributed by atoms with Crippen molar-refractivity contribution in [3.05, 3.63) is 235 Å². The van der Waals surface area contributed by atoms with Crippen LogP contribution in [0.5, 0.6) is 23.0 Å². The normalized spacial score (nSPS) is 12.4. The number of carbonyl (C=O) groups excluding carboxylic acids is 4. The van der Waals surface area contributed by atoms with Gasteiger partial charge in [0.15, 0.2) is 0 Å². The number of esters is 4. The summed E-state index contributed by atoms with van der Waals surface area (Å²) >= 11 is 0. The van der Waals surface area contributed by atoms with Crippen LogP contribution in [0.15, 0.2) is 165 Å². The number of benzene rings is 8. The Kier molecular flexibility index (Phi) is 22.3. The number of hydrogen-bond donors (Lipinski definition) is 0. The fraction of sp³-hybridized carbons (Fsp3) is 0.278. The van der Waals surface area contributed by atoms with E-state index in [1.807, 2.05) is 0 Å². The fourth-order valence-electron chi connectivity index (χ4n) is 11.2. The van der Waals surface area contributed by atoms with Gasteiger partial charge in [0.2, 0.25) is 0 Å². The molecule has 20 nitrogen and oxygen atoms in total. The number of rotatable bonds is 24. The smallest absolute Gasteiger partial charge is 0.339 e. The molecule has 1 aliphatic carbocycles. The summed E-state index contributed by atoms with van der Waals surface area (Å²) in [6.07, 6.45) is -3.61. The summed E-state index contributed by atoms with van der Waals surface area (Å²) in [5.74, 6) is -4.23. The Morgan fingerprint density at radius 1 is 0.281 bits per heavy atom. The second-order valence-corrected chi connectivity index (χ2v) is 29.1. The third kappa shape index (κ3) is 17.8. The van der Waals surface area contributed by atoms with Crippen molar-refractivity contribution in [1.82, 2.24) is 0 Å². The predicted molar refractivity (Wildman–Crippen MR) is 354 cm³/mol. The minimum Gasteiger partial charge on any atom is -0.466 e. The Labute approximate surface area is 559 Å². The topological polar surface area (TPSA) is 279 Å². The molecule has 0 N–H and O–H groups in total. The molecule has 504 valence electrons. The third-order valence-electron chi connectivity index (χ3n) is 15.7. The second-order valence-electron chi connectivity index (χ2n) is 22.9. The molecule has 96 heavy (non-hydrogen) atoms. The maximum absolute atomic E-state index is 14.5. The zero-order valence-corrected chi connectivity index (χ0v) is 57.4. The lowest BCUT2D eigenvalue weighted by atomic mass is 9.82. The van der Waals surface area contributed by atoms with E-state index >= 15 is 0 Å². The summed E-state index contributed by atoms with van der Waals surface area (Å²) in [6, 6.07) is 34.4. The third-order valence-corrected chi connectivity index (χ3v) is 20.8. The molecule has 0 aliphatic heterocycles. The highest BCUT2D eigenvalue weighted by molar-refractivity contribution is 7.88. The lowest BCUT2D eigenvalue weighted by Crippen LogP contribution is -2.19. The van der Waals surface area contributed by atoms with Gasteiger partial charge >= 0.3 is 64.3 Å². The molecule has 0 unspecified atom stereocenters. The Morgan fingerprint density at radius 2 is 0.438 bits per heavy atom. The van der Waals surface area contributed by atoms with Crippen LogP contribution in [0.25, 0.3) is 0 Å². The molecule has 1 aliphatic rings. The van der Waals surface area contributed by atoms with Crippen LogP contribution in [0.2, 0.25) is 0 Å². The first-order valence-electron chi connectivity index (χ1n) is 30.8. The van der Waals surface area contributed by atoms with Crippen molar-refractivity contribution >= 4 is 64.3 Å². The van der Waals surface area contributed by atoms with Crippen molar-refractivity contribution < 1.29 is 88.5 Å². The van der Waals surface area contributed by atoms with Crippen molar-refractivity contribution in [1.29, 1.82) is 0 Å². The first kappa shape index (κ1) is 70.9. The van der Waals surface area contributed by atoms with Gasteiger partial charge in [-0.1, -0.05) is 70.8 Å². The molecule has 0 amide bonds. The summed E-state index contributed by atoms with van der Waals surface area (Å²) in [5, 5.41) is 0. The molecular weight excluding hydrogens is 1310 g/mol. The average Bonchev–Trinajstić information content (AvgIpc) is 0.776. The number of fused-ring (bicyclic) bond motifs is 8. The monoisotopic (exact) mass is 1380 g/mol. The second kappa shape index (κ2) is 30.2. The lowest BCUT2D eigenvalue weighted by Gasteiger charge is -2.24. The van der Waals surface area contributed by atoms with Crippen molar-refractivity contribution in [2.75, 3.05) is 26.4 Å². The first-order chi connectivity index (χ1) is 45.5. The average molecular weight is 1390 g/mol. The van der Waals surface area contributed by atoms with Gasteiger partial charge in [-0.25, -0.2) is 0 Å². The molecule has 0 aromatic heterocycles. The first-order valence-corrected chi connectivity index (χ1v) is 36.4. The summed E-state index contributed by atoms with van der Waals surface area (Å²) in [6.45, 7) is 13.2. The summed E-state index contributed by atoms with van der Waals surface area (Å²) in [5.41, 5.74) is 5.00. The zero-order valence-electron chi connectivity index (χ0n) is 54.1. The molecular formula is C72H72O20S4. The molecule has 8 aromatic carbocycles. The minimum absolute atomic E-state index is 0.0772. The van der Waals surface area contributed by atoms with Crippen LogP contribution in [-0.4, -0.2) is 84.0 Å².